The fourth-order valence-corrected chi connectivity index (χ4v) is 1.82. The molecule has 0 aliphatic carbocycles. The van der Waals surface area contributed by atoms with E-state index in [1.165, 1.54) is 30.5 Å². The number of rotatable bonds is 6. The molecule has 24 heavy (non-hydrogen) atoms. The maximum Gasteiger partial charge on any atom is 0.271 e. The molecular weight excluding hydrogens is 310 g/mol. The van der Waals surface area contributed by atoms with Crippen LogP contribution in [0.4, 0.5) is 5.69 Å². The minimum absolute atomic E-state index is 0.116. The molecule has 1 N–H and O–H groups in total. The molecule has 0 fully saturated rings. The first kappa shape index (κ1) is 16.7. The Morgan fingerprint density at radius 1 is 1.33 bits per heavy atom. The van der Waals surface area contributed by atoms with Crippen molar-refractivity contribution in [3.05, 3.63) is 69.8 Å². The average Bonchev–Trinajstić information content (AvgIpc) is 2.60. The first-order valence-corrected chi connectivity index (χ1v) is 6.85. The number of carbonyl (C=O) groups is 1. The van der Waals surface area contributed by atoms with Crippen LogP contribution in [0.1, 0.15) is 15.9 Å². The number of nitro benzene ring substituents is 1. The average molecular weight is 323 g/mol. The van der Waals surface area contributed by atoms with Gasteiger partial charge < -0.3 is 4.74 Å². The van der Waals surface area contributed by atoms with Crippen molar-refractivity contribution in [2.75, 3.05) is 6.61 Å². The number of benzene rings is 2. The zero-order valence-electron chi connectivity index (χ0n) is 12.5. The molecule has 2 rings (SSSR count). The van der Waals surface area contributed by atoms with Crippen molar-refractivity contribution in [2.45, 2.75) is 0 Å². The van der Waals surface area contributed by atoms with Crippen molar-refractivity contribution in [1.29, 1.82) is 0 Å². The Bertz CT molecular complexity index is 825. The normalized spacial score (nSPS) is 10.1. The summed E-state index contributed by atoms with van der Waals surface area (Å²) < 4.78 is 5.36. The maximum atomic E-state index is 12.0. The second-order valence-electron chi connectivity index (χ2n) is 4.54. The molecule has 0 saturated heterocycles. The van der Waals surface area contributed by atoms with Crippen LogP contribution >= 0.6 is 0 Å². The highest BCUT2D eigenvalue weighted by Gasteiger charge is 2.10. The van der Waals surface area contributed by atoms with Crippen LogP contribution in [0, 0.1) is 22.5 Å². The Morgan fingerprint density at radius 2 is 2.12 bits per heavy atom. The highest BCUT2D eigenvalue weighted by Crippen LogP contribution is 2.16. The standard InChI is InChI=1S/C17H13N3O4/c1-2-10-24-16-9-4-3-6-14(16)12-18-19-17(21)13-7-5-8-15(11-13)20(22)23/h1,3-9,11-12H,10H2,(H,19,21)/b18-12-. The van der Waals surface area contributed by atoms with Crippen LogP contribution in [0.5, 0.6) is 5.75 Å². The summed E-state index contributed by atoms with van der Waals surface area (Å²) in [4.78, 5) is 22.1. The fraction of sp³-hybridized carbons (Fsp3) is 0.0588. The lowest BCUT2D eigenvalue weighted by Crippen LogP contribution is -2.17. The highest BCUT2D eigenvalue weighted by molar-refractivity contribution is 5.95. The predicted molar refractivity (Wildman–Crippen MR) is 88.9 cm³/mol. The maximum absolute atomic E-state index is 12.0. The molecule has 0 atom stereocenters. The summed E-state index contributed by atoms with van der Waals surface area (Å²) in [5, 5.41) is 14.6. The number of non-ortho nitro benzene ring substituents is 1. The van der Waals surface area contributed by atoms with Crippen LogP contribution in [-0.4, -0.2) is 23.7 Å². The quantitative estimate of drug-likeness (QED) is 0.382. The second-order valence-corrected chi connectivity index (χ2v) is 4.54. The van der Waals surface area contributed by atoms with Gasteiger partial charge in [-0.15, -0.1) is 6.42 Å². The molecular formula is C17H13N3O4. The molecule has 0 saturated carbocycles. The minimum Gasteiger partial charge on any atom is -0.480 e. The molecule has 0 unspecified atom stereocenters. The van der Waals surface area contributed by atoms with Crippen molar-refractivity contribution in [2.24, 2.45) is 5.10 Å². The van der Waals surface area contributed by atoms with E-state index in [2.05, 4.69) is 16.4 Å². The third-order valence-electron chi connectivity index (χ3n) is 2.92. The highest BCUT2D eigenvalue weighted by atomic mass is 16.6. The van der Waals surface area contributed by atoms with E-state index in [4.69, 9.17) is 11.2 Å². The number of hydrogen-bond acceptors (Lipinski definition) is 5. The second kappa shape index (κ2) is 8.10. The van der Waals surface area contributed by atoms with E-state index in [-0.39, 0.29) is 17.9 Å². The van der Waals surface area contributed by atoms with Gasteiger partial charge in [-0.25, -0.2) is 5.43 Å². The lowest BCUT2D eigenvalue weighted by Gasteiger charge is -2.05. The molecule has 0 bridgehead atoms. The Hall–Kier alpha value is -3.66. The van der Waals surface area contributed by atoms with Gasteiger partial charge in [-0.05, 0) is 18.2 Å². The van der Waals surface area contributed by atoms with Gasteiger partial charge in [0.15, 0.2) is 0 Å². The van der Waals surface area contributed by atoms with E-state index >= 15 is 0 Å². The third kappa shape index (κ3) is 4.42. The van der Waals surface area contributed by atoms with Crippen LogP contribution in [0.3, 0.4) is 0 Å². The fourth-order valence-electron chi connectivity index (χ4n) is 1.82. The molecule has 0 spiro atoms. The number of hydrazone groups is 1. The van der Waals surface area contributed by atoms with Gasteiger partial charge >= 0.3 is 0 Å². The van der Waals surface area contributed by atoms with Crippen LogP contribution in [0.15, 0.2) is 53.6 Å². The SMILES string of the molecule is C#CCOc1ccccc1/C=N\NC(=O)c1cccc([N+](=O)[O-])c1. The molecule has 0 aliphatic heterocycles. The molecule has 7 nitrogen and oxygen atoms in total. The molecule has 0 aliphatic rings. The van der Waals surface area contributed by atoms with Gasteiger partial charge in [-0.2, -0.15) is 5.10 Å². The molecule has 0 aromatic heterocycles. The van der Waals surface area contributed by atoms with Crippen LogP contribution in [0.25, 0.3) is 0 Å². The lowest BCUT2D eigenvalue weighted by molar-refractivity contribution is -0.384. The number of nitro groups is 1. The predicted octanol–water partition coefficient (Wildman–Crippen LogP) is 2.37. The molecule has 2 aromatic rings. The van der Waals surface area contributed by atoms with Gasteiger partial charge in [-0.1, -0.05) is 24.1 Å². The van der Waals surface area contributed by atoms with E-state index in [1.807, 2.05) is 0 Å². The Labute approximate surface area is 138 Å². The summed E-state index contributed by atoms with van der Waals surface area (Å²) in [5.41, 5.74) is 2.91. The molecule has 0 radical (unpaired) electrons. The molecule has 120 valence electrons. The first-order valence-electron chi connectivity index (χ1n) is 6.85. The van der Waals surface area contributed by atoms with Crippen molar-refractivity contribution in [3.63, 3.8) is 0 Å². The van der Waals surface area contributed by atoms with Gasteiger partial charge in [0, 0.05) is 23.3 Å². The molecule has 0 heterocycles. The summed E-state index contributed by atoms with van der Waals surface area (Å²) in [7, 11) is 0. The van der Waals surface area contributed by atoms with Crippen molar-refractivity contribution in [1.82, 2.24) is 5.43 Å². The number of terminal acetylenes is 1. The largest absolute Gasteiger partial charge is 0.480 e. The van der Waals surface area contributed by atoms with Gasteiger partial charge in [-0.3, -0.25) is 14.9 Å². The summed E-state index contributed by atoms with van der Waals surface area (Å²) in [5.74, 6) is 2.34. The number of amides is 1. The van der Waals surface area contributed by atoms with E-state index in [0.717, 1.165) is 0 Å². The number of para-hydroxylation sites is 1. The number of carbonyl (C=O) groups excluding carboxylic acids is 1. The first-order chi connectivity index (χ1) is 11.6. The van der Waals surface area contributed by atoms with Crippen LogP contribution in [-0.2, 0) is 0 Å². The van der Waals surface area contributed by atoms with Gasteiger partial charge in [0.05, 0.1) is 11.1 Å². The zero-order chi connectivity index (χ0) is 17.4. The lowest BCUT2D eigenvalue weighted by atomic mass is 10.2. The molecule has 2 aromatic carbocycles. The zero-order valence-corrected chi connectivity index (χ0v) is 12.5. The summed E-state index contributed by atoms with van der Waals surface area (Å²) in [6, 6.07) is 12.4. The van der Waals surface area contributed by atoms with Gasteiger partial charge in [0.25, 0.3) is 11.6 Å². The molecule has 1 amide bonds. The Balaban J connectivity index is 2.07. The third-order valence-corrected chi connectivity index (χ3v) is 2.92. The van der Waals surface area contributed by atoms with Crippen molar-refractivity contribution in [3.8, 4) is 18.1 Å². The monoisotopic (exact) mass is 323 g/mol. The summed E-state index contributed by atoms with van der Waals surface area (Å²) >= 11 is 0. The smallest absolute Gasteiger partial charge is 0.271 e. The summed E-state index contributed by atoms with van der Waals surface area (Å²) in [6.45, 7) is 0.116. The molecule has 7 heteroatoms. The van der Waals surface area contributed by atoms with E-state index in [9.17, 15) is 14.9 Å². The van der Waals surface area contributed by atoms with Crippen molar-refractivity contribution < 1.29 is 14.5 Å². The van der Waals surface area contributed by atoms with Gasteiger partial charge in [0.2, 0.25) is 0 Å². The topological polar surface area (TPSA) is 93.8 Å². The van der Waals surface area contributed by atoms with E-state index in [0.29, 0.717) is 11.3 Å². The van der Waals surface area contributed by atoms with E-state index < -0.39 is 10.8 Å². The number of ether oxygens (including phenoxy) is 1. The van der Waals surface area contributed by atoms with Crippen LogP contribution < -0.4 is 10.2 Å². The Morgan fingerprint density at radius 3 is 2.88 bits per heavy atom. The number of nitrogens with zero attached hydrogens (tertiary/aromatic N) is 2. The van der Waals surface area contributed by atoms with Gasteiger partial charge in [0.1, 0.15) is 12.4 Å². The Kier molecular flexibility index (Phi) is 5.64. The van der Waals surface area contributed by atoms with Crippen molar-refractivity contribution >= 4 is 17.8 Å². The summed E-state index contributed by atoms with van der Waals surface area (Å²) in [6.07, 6.45) is 6.55. The van der Waals surface area contributed by atoms with Crippen LogP contribution in [0.2, 0.25) is 0 Å². The minimum atomic E-state index is -0.570. The number of nitrogens with one attached hydrogen (secondary N) is 1. The number of hydrogen-bond donors (Lipinski definition) is 1. The van der Waals surface area contributed by atoms with E-state index in [1.54, 1.807) is 24.3 Å².